The van der Waals surface area contributed by atoms with Crippen LogP contribution in [0, 0.1) is 11.3 Å². The van der Waals surface area contributed by atoms with E-state index in [9.17, 15) is 10.1 Å². The van der Waals surface area contributed by atoms with Crippen LogP contribution in [0.15, 0.2) is 36.8 Å². The Hall–Kier alpha value is -3.07. The molecule has 0 amide bonds. The van der Waals surface area contributed by atoms with Crippen LogP contribution in [-0.2, 0) is 4.74 Å². The predicted molar refractivity (Wildman–Crippen MR) is 85.5 cm³/mol. The second kappa shape index (κ2) is 5.61. The van der Waals surface area contributed by atoms with E-state index in [2.05, 4.69) is 34.3 Å². The lowest BCUT2D eigenvalue weighted by atomic mass is 10.1. The molecule has 3 aromatic rings. The lowest BCUT2D eigenvalue weighted by molar-refractivity contribution is 0.0600. The van der Waals surface area contributed by atoms with Crippen LogP contribution in [0.1, 0.15) is 35.8 Å². The monoisotopic (exact) mass is 308 g/mol. The molecule has 3 rings (SSSR count). The predicted octanol–water partition coefficient (Wildman–Crippen LogP) is 3.07. The van der Waals surface area contributed by atoms with Crippen LogP contribution in [0.5, 0.6) is 0 Å². The number of rotatable bonds is 3. The molecule has 0 bridgehead atoms. The van der Waals surface area contributed by atoms with Gasteiger partial charge in [0.25, 0.3) is 0 Å². The fraction of sp³-hybridized carbons (Fsp3) is 0.235. The summed E-state index contributed by atoms with van der Waals surface area (Å²) in [7, 11) is 1.33. The summed E-state index contributed by atoms with van der Waals surface area (Å²) < 4.78 is 8.35. The van der Waals surface area contributed by atoms with Crippen molar-refractivity contribution in [1.82, 2.24) is 14.3 Å². The summed E-state index contributed by atoms with van der Waals surface area (Å²) in [6, 6.07) is 8.28. The summed E-state index contributed by atoms with van der Waals surface area (Å²) in [6.07, 6.45) is 4.93. The third-order valence-corrected chi connectivity index (χ3v) is 3.76. The minimum atomic E-state index is -0.430. The van der Waals surface area contributed by atoms with Gasteiger partial charge in [-0.2, -0.15) is 10.4 Å². The zero-order chi connectivity index (χ0) is 16.6. The number of carbonyl (C=O) groups is 1. The van der Waals surface area contributed by atoms with Crippen molar-refractivity contribution in [2.75, 3.05) is 7.11 Å². The van der Waals surface area contributed by atoms with Crippen LogP contribution in [0.2, 0.25) is 0 Å². The smallest absolute Gasteiger partial charge is 0.341 e. The normalized spacial score (nSPS) is 10.9. The molecule has 2 aromatic heterocycles. The number of carbonyl (C=O) groups excluding carboxylic acids is 1. The lowest BCUT2D eigenvalue weighted by Gasteiger charge is -2.09. The van der Waals surface area contributed by atoms with Gasteiger partial charge >= 0.3 is 5.97 Å². The summed E-state index contributed by atoms with van der Waals surface area (Å²) in [4.78, 5) is 11.5. The molecule has 0 saturated heterocycles. The van der Waals surface area contributed by atoms with Crippen LogP contribution in [0.4, 0.5) is 0 Å². The van der Waals surface area contributed by atoms with E-state index in [4.69, 9.17) is 0 Å². The van der Waals surface area contributed by atoms with E-state index < -0.39 is 5.97 Å². The van der Waals surface area contributed by atoms with Gasteiger partial charge in [0, 0.05) is 29.3 Å². The van der Waals surface area contributed by atoms with Crippen molar-refractivity contribution < 1.29 is 9.53 Å². The molecule has 6 nitrogen and oxygen atoms in total. The highest BCUT2D eigenvalue weighted by Crippen LogP contribution is 2.26. The largest absolute Gasteiger partial charge is 0.465 e. The summed E-state index contributed by atoms with van der Waals surface area (Å²) in [5.74, 6) is -0.430. The first-order valence-corrected chi connectivity index (χ1v) is 7.23. The van der Waals surface area contributed by atoms with Crippen LogP contribution in [0.3, 0.4) is 0 Å². The van der Waals surface area contributed by atoms with Gasteiger partial charge in [0.1, 0.15) is 6.07 Å². The summed E-state index contributed by atoms with van der Waals surface area (Å²) in [5, 5.41) is 14.4. The molecule has 0 atom stereocenters. The Morgan fingerprint density at radius 3 is 2.78 bits per heavy atom. The third kappa shape index (κ3) is 2.46. The summed E-state index contributed by atoms with van der Waals surface area (Å²) >= 11 is 0. The van der Waals surface area contributed by atoms with Crippen molar-refractivity contribution in [3.8, 4) is 11.8 Å². The van der Waals surface area contributed by atoms with Gasteiger partial charge in [0.2, 0.25) is 0 Å². The average molecular weight is 308 g/mol. The van der Waals surface area contributed by atoms with E-state index in [1.165, 1.54) is 13.3 Å². The molecule has 0 radical (unpaired) electrons. The molecular weight excluding hydrogens is 292 g/mol. The zero-order valence-electron chi connectivity index (χ0n) is 13.1. The molecule has 2 heterocycles. The van der Waals surface area contributed by atoms with E-state index in [0.29, 0.717) is 11.1 Å². The van der Waals surface area contributed by atoms with Gasteiger partial charge in [-0.25, -0.2) is 9.48 Å². The Bertz CT molecular complexity index is 928. The molecule has 116 valence electrons. The lowest BCUT2D eigenvalue weighted by Crippen LogP contribution is -2.00. The standard InChI is InChI=1S/C17H16N4O2/c1-11(2)20-9-12(7-18)15-6-14(4-5-16(15)20)21-10-13(8-19-21)17(22)23-3/h4-6,8-11H,1-3H3. The Morgan fingerprint density at radius 1 is 1.35 bits per heavy atom. The van der Waals surface area contributed by atoms with Gasteiger partial charge in [0.15, 0.2) is 0 Å². The van der Waals surface area contributed by atoms with Crippen LogP contribution in [0.25, 0.3) is 16.6 Å². The molecule has 0 aliphatic carbocycles. The number of benzene rings is 1. The van der Waals surface area contributed by atoms with Crippen molar-refractivity contribution >= 4 is 16.9 Å². The SMILES string of the molecule is COC(=O)c1cnn(-c2ccc3c(c2)c(C#N)cn3C(C)C)c1. The minimum absolute atomic E-state index is 0.265. The maximum absolute atomic E-state index is 11.5. The maximum atomic E-state index is 11.5. The van der Waals surface area contributed by atoms with Gasteiger partial charge in [0.05, 0.1) is 30.1 Å². The fourth-order valence-electron chi connectivity index (χ4n) is 2.59. The molecule has 6 heteroatoms. The number of esters is 1. The molecule has 0 saturated carbocycles. The second-order valence-corrected chi connectivity index (χ2v) is 5.52. The highest BCUT2D eigenvalue weighted by Gasteiger charge is 2.13. The Morgan fingerprint density at radius 2 is 2.13 bits per heavy atom. The van der Waals surface area contributed by atoms with E-state index >= 15 is 0 Å². The topological polar surface area (TPSA) is 72.8 Å². The van der Waals surface area contributed by atoms with Crippen molar-refractivity contribution in [2.24, 2.45) is 0 Å². The molecule has 1 aromatic carbocycles. The van der Waals surface area contributed by atoms with Gasteiger partial charge in [-0.3, -0.25) is 0 Å². The second-order valence-electron chi connectivity index (χ2n) is 5.52. The first-order chi connectivity index (χ1) is 11.0. The third-order valence-electron chi connectivity index (χ3n) is 3.76. The molecular formula is C17H16N4O2. The van der Waals surface area contributed by atoms with Gasteiger partial charge in [-0.05, 0) is 32.0 Å². The number of hydrogen-bond acceptors (Lipinski definition) is 4. The number of fused-ring (bicyclic) bond motifs is 1. The Balaban J connectivity index is 2.12. The van der Waals surface area contributed by atoms with Crippen LogP contribution in [-0.4, -0.2) is 27.4 Å². The molecule has 0 N–H and O–H groups in total. The quantitative estimate of drug-likeness (QED) is 0.697. The van der Waals surface area contributed by atoms with Crippen molar-refractivity contribution in [3.05, 3.63) is 47.9 Å². The number of methoxy groups -OCH3 is 1. The summed E-state index contributed by atoms with van der Waals surface area (Å²) in [5.41, 5.74) is 2.79. The highest BCUT2D eigenvalue weighted by molar-refractivity contribution is 5.90. The minimum Gasteiger partial charge on any atom is -0.465 e. The number of hydrogen-bond donors (Lipinski definition) is 0. The molecule has 23 heavy (non-hydrogen) atoms. The number of ether oxygens (including phenoxy) is 1. The van der Waals surface area contributed by atoms with E-state index in [-0.39, 0.29) is 6.04 Å². The van der Waals surface area contributed by atoms with Crippen LogP contribution >= 0.6 is 0 Å². The molecule has 0 unspecified atom stereocenters. The number of nitrogens with zero attached hydrogens (tertiary/aromatic N) is 4. The fourth-order valence-corrected chi connectivity index (χ4v) is 2.59. The molecule has 0 aliphatic rings. The van der Waals surface area contributed by atoms with Crippen molar-refractivity contribution in [3.63, 3.8) is 0 Å². The van der Waals surface area contributed by atoms with E-state index in [1.807, 2.05) is 24.4 Å². The zero-order valence-corrected chi connectivity index (χ0v) is 13.1. The van der Waals surface area contributed by atoms with Crippen molar-refractivity contribution in [2.45, 2.75) is 19.9 Å². The first-order valence-electron chi connectivity index (χ1n) is 7.23. The number of nitriles is 1. The Labute approximate surface area is 133 Å². The molecule has 0 spiro atoms. The maximum Gasteiger partial charge on any atom is 0.341 e. The highest BCUT2D eigenvalue weighted by atomic mass is 16.5. The van der Waals surface area contributed by atoms with E-state index in [1.54, 1.807) is 10.9 Å². The summed E-state index contributed by atoms with van der Waals surface area (Å²) in [6.45, 7) is 4.15. The van der Waals surface area contributed by atoms with Gasteiger partial charge in [-0.1, -0.05) is 0 Å². The van der Waals surface area contributed by atoms with Crippen molar-refractivity contribution in [1.29, 1.82) is 5.26 Å². The van der Waals surface area contributed by atoms with E-state index in [0.717, 1.165) is 16.6 Å². The first kappa shape index (κ1) is 14.9. The van der Waals surface area contributed by atoms with Gasteiger partial charge in [-0.15, -0.1) is 0 Å². The molecule has 0 fully saturated rings. The molecule has 0 aliphatic heterocycles. The number of aromatic nitrogens is 3. The van der Waals surface area contributed by atoms with Crippen LogP contribution < -0.4 is 0 Å². The Kier molecular flexibility index (Phi) is 3.62. The van der Waals surface area contributed by atoms with Gasteiger partial charge < -0.3 is 9.30 Å². The average Bonchev–Trinajstić information content (AvgIpc) is 3.18.